The number of nitrogens with zero attached hydrogens (tertiary/aromatic N) is 1. The molecule has 2 nitrogen and oxygen atoms in total. The first-order valence-corrected chi connectivity index (χ1v) is 6.16. The lowest BCUT2D eigenvalue weighted by Crippen LogP contribution is -2.39. The zero-order chi connectivity index (χ0) is 11.4. The van der Waals surface area contributed by atoms with Gasteiger partial charge in [-0.25, -0.2) is 0 Å². The molecule has 14 heavy (non-hydrogen) atoms. The number of hydrogen-bond acceptors (Lipinski definition) is 2. The van der Waals surface area contributed by atoms with Gasteiger partial charge in [0.2, 0.25) is 0 Å². The van der Waals surface area contributed by atoms with Crippen molar-refractivity contribution in [2.45, 2.75) is 53.5 Å². The predicted molar refractivity (Wildman–Crippen MR) is 66.9 cm³/mol. The molecule has 88 valence electrons. The first kappa shape index (κ1) is 16.4. The van der Waals surface area contributed by atoms with Gasteiger partial charge < -0.3 is 10.2 Å². The van der Waals surface area contributed by atoms with Gasteiger partial charge in [0.05, 0.1) is 0 Å². The van der Waals surface area contributed by atoms with Crippen molar-refractivity contribution in [3.8, 4) is 0 Å². The van der Waals surface area contributed by atoms with Crippen LogP contribution >= 0.6 is 0 Å². The molecule has 0 heterocycles. The van der Waals surface area contributed by atoms with Crippen LogP contribution < -0.4 is 5.32 Å². The summed E-state index contributed by atoms with van der Waals surface area (Å²) in [5.74, 6) is 0. The lowest BCUT2D eigenvalue weighted by molar-refractivity contribution is 0.286. The van der Waals surface area contributed by atoms with Gasteiger partial charge in [0, 0.05) is 12.6 Å². The molecule has 0 aromatic carbocycles. The molecule has 0 aromatic heterocycles. The molecule has 0 saturated carbocycles. The second kappa shape index (κ2) is 12.9. The van der Waals surface area contributed by atoms with Gasteiger partial charge in [-0.2, -0.15) is 0 Å². The maximum Gasteiger partial charge on any atom is 0.0192 e. The Bertz CT molecular complexity index is 94.3. The molecule has 0 bridgehead atoms. The van der Waals surface area contributed by atoms with E-state index in [-0.39, 0.29) is 0 Å². The first-order valence-electron chi connectivity index (χ1n) is 6.16. The monoisotopic (exact) mass is 202 g/mol. The third kappa shape index (κ3) is 10.0. The molecule has 0 aliphatic heterocycles. The van der Waals surface area contributed by atoms with E-state index in [9.17, 15) is 0 Å². The predicted octanol–water partition coefficient (Wildman–Crippen LogP) is 2.74. The van der Waals surface area contributed by atoms with Gasteiger partial charge in [-0.3, -0.25) is 0 Å². The molecular weight excluding hydrogens is 172 g/mol. The SMILES string of the molecule is CC.CCCN(C)CC(CC)NCC. The van der Waals surface area contributed by atoms with Crippen molar-refractivity contribution < 1.29 is 0 Å². The third-order valence-corrected chi connectivity index (χ3v) is 2.12. The molecule has 0 aliphatic carbocycles. The van der Waals surface area contributed by atoms with Crippen LogP contribution in [0.2, 0.25) is 0 Å². The quantitative estimate of drug-likeness (QED) is 0.683. The third-order valence-electron chi connectivity index (χ3n) is 2.12. The van der Waals surface area contributed by atoms with E-state index in [4.69, 9.17) is 0 Å². The fourth-order valence-corrected chi connectivity index (χ4v) is 1.48. The zero-order valence-electron chi connectivity index (χ0n) is 11.1. The van der Waals surface area contributed by atoms with E-state index < -0.39 is 0 Å². The van der Waals surface area contributed by atoms with Gasteiger partial charge in [0.15, 0.2) is 0 Å². The maximum absolute atomic E-state index is 3.48. The normalized spacial score (nSPS) is 12.2. The highest BCUT2D eigenvalue weighted by atomic mass is 15.1. The van der Waals surface area contributed by atoms with Crippen molar-refractivity contribution in [3.63, 3.8) is 0 Å². The van der Waals surface area contributed by atoms with Gasteiger partial charge in [-0.1, -0.05) is 34.6 Å². The molecular formula is C12H30N2. The minimum absolute atomic E-state index is 0.673. The number of hydrogen-bond donors (Lipinski definition) is 1. The summed E-state index contributed by atoms with van der Waals surface area (Å²) < 4.78 is 0. The fraction of sp³-hybridized carbons (Fsp3) is 1.00. The molecule has 1 atom stereocenters. The van der Waals surface area contributed by atoms with Crippen LogP contribution in [-0.2, 0) is 0 Å². The standard InChI is InChI=1S/C10H24N2.C2H6/c1-5-8-12(4)9-10(6-2)11-7-3;1-2/h10-11H,5-9H2,1-4H3;1-2H3. The Morgan fingerprint density at radius 1 is 1.14 bits per heavy atom. The average molecular weight is 202 g/mol. The summed E-state index contributed by atoms with van der Waals surface area (Å²) in [7, 11) is 2.20. The summed E-state index contributed by atoms with van der Waals surface area (Å²) in [5, 5.41) is 3.48. The van der Waals surface area contributed by atoms with Crippen LogP contribution in [0.15, 0.2) is 0 Å². The Morgan fingerprint density at radius 3 is 2.07 bits per heavy atom. The van der Waals surface area contributed by atoms with Crippen molar-refractivity contribution in [2.24, 2.45) is 0 Å². The summed E-state index contributed by atoms with van der Waals surface area (Å²) in [5.41, 5.74) is 0. The van der Waals surface area contributed by atoms with Crippen molar-refractivity contribution in [1.29, 1.82) is 0 Å². The van der Waals surface area contributed by atoms with E-state index in [1.165, 1.54) is 25.9 Å². The molecule has 0 rings (SSSR count). The Morgan fingerprint density at radius 2 is 1.71 bits per heavy atom. The van der Waals surface area contributed by atoms with Crippen LogP contribution in [0.5, 0.6) is 0 Å². The van der Waals surface area contributed by atoms with Crippen LogP contribution in [0.3, 0.4) is 0 Å². The molecule has 2 heteroatoms. The van der Waals surface area contributed by atoms with Crippen LogP contribution in [0.4, 0.5) is 0 Å². The van der Waals surface area contributed by atoms with Gasteiger partial charge in [0.25, 0.3) is 0 Å². The van der Waals surface area contributed by atoms with E-state index in [1.54, 1.807) is 0 Å². The first-order chi connectivity index (χ1) is 6.74. The molecule has 0 amide bonds. The van der Waals surface area contributed by atoms with Crippen molar-refractivity contribution in [1.82, 2.24) is 10.2 Å². The zero-order valence-corrected chi connectivity index (χ0v) is 11.1. The lowest BCUT2D eigenvalue weighted by Gasteiger charge is -2.23. The molecule has 1 N–H and O–H groups in total. The van der Waals surface area contributed by atoms with Crippen LogP contribution in [0.25, 0.3) is 0 Å². The minimum atomic E-state index is 0.673. The molecule has 0 aliphatic rings. The van der Waals surface area contributed by atoms with Crippen molar-refractivity contribution in [3.05, 3.63) is 0 Å². The number of nitrogens with one attached hydrogen (secondary N) is 1. The number of rotatable bonds is 7. The van der Waals surface area contributed by atoms with Gasteiger partial charge in [0.1, 0.15) is 0 Å². The van der Waals surface area contributed by atoms with Gasteiger partial charge in [-0.15, -0.1) is 0 Å². The minimum Gasteiger partial charge on any atom is -0.313 e. The van der Waals surface area contributed by atoms with Crippen molar-refractivity contribution >= 4 is 0 Å². The smallest absolute Gasteiger partial charge is 0.0192 e. The summed E-state index contributed by atoms with van der Waals surface area (Å²) in [4.78, 5) is 2.40. The highest BCUT2D eigenvalue weighted by molar-refractivity contribution is 4.67. The molecule has 1 unspecified atom stereocenters. The highest BCUT2D eigenvalue weighted by Crippen LogP contribution is 1.95. The second-order valence-electron chi connectivity index (χ2n) is 3.43. The Labute approximate surface area is 91.1 Å². The molecule has 0 spiro atoms. The fourth-order valence-electron chi connectivity index (χ4n) is 1.48. The molecule has 0 saturated heterocycles. The summed E-state index contributed by atoms with van der Waals surface area (Å²) in [6.07, 6.45) is 2.47. The largest absolute Gasteiger partial charge is 0.313 e. The second-order valence-corrected chi connectivity index (χ2v) is 3.43. The lowest BCUT2D eigenvalue weighted by atomic mass is 10.2. The molecule has 0 radical (unpaired) electrons. The van der Waals surface area contributed by atoms with Crippen molar-refractivity contribution in [2.75, 3.05) is 26.7 Å². The summed E-state index contributed by atoms with van der Waals surface area (Å²) >= 11 is 0. The molecule has 0 fully saturated rings. The summed E-state index contributed by atoms with van der Waals surface area (Å²) in [6.45, 7) is 14.1. The Kier molecular flexibility index (Phi) is 15.1. The van der Waals surface area contributed by atoms with E-state index >= 15 is 0 Å². The highest BCUT2D eigenvalue weighted by Gasteiger charge is 2.06. The molecule has 0 aromatic rings. The average Bonchev–Trinajstić information content (AvgIpc) is 2.20. The van der Waals surface area contributed by atoms with E-state index in [1.807, 2.05) is 13.8 Å². The topological polar surface area (TPSA) is 15.3 Å². The Balaban J connectivity index is 0. The van der Waals surface area contributed by atoms with Gasteiger partial charge in [-0.05, 0) is 33.0 Å². The maximum atomic E-state index is 3.48. The van der Waals surface area contributed by atoms with Crippen LogP contribution in [-0.4, -0.2) is 37.6 Å². The van der Waals surface area contributed by atoms with Crippen LogP contribution in [0, 0.1) is 0 Å². The van der Waals surface area contributed by atoms with Crippen LogP contribution in [0.1, 0.15) is 47.5 Å². The van der Waals surface area contributed by atoms with E-state index in [2.05, 4.69) is 38.0 Å². The van der Waals surface area contributed by atoms with Gasteiger partial charge >= 0.3 is 0 Å². The summed E-state index contributed by atoms with van der Waals surface area (Å²) in [6, 6.07) is 0.673. The Hall–Kier alpha value is -0.0800. The van der Waals surface area contributed by atoms with E-state index in [0.717, 1.165) is 6.54 Å². The number of likely N-dealkylation sites (N-methyl/N-ethyl adjacent to an activating group) is 2. The van der Waals surface area contributed by atoms with E-state index in [0.29, 0.717) is 6.04 Å².